The molecule has 3 aromatic rings. The Morgan fingerprint density at radius 3 is 2.13 bits per heavy atom. The zero-order valence-corrected chi connectivity index (χ0v) is 18.2. The molecule has 0 aromatic heterocycles. The summed E-state index contributed by atoms with van der Waals surface area (Å²) < 4.78 is 28.0. The molecule has 1 amide bonds. The summed E-state index contributed by atoms with van der Waals surface area (Å²) in [6.07, 6.45) is 2.30. The van der Waals surface area contributed by atoms with E-state index in [0.29, 0.717) is 11.3 Å². The lowest BCUT2D eigenvalue weighted by atomic mass is 10.2. The Bertz CT molecular complexity index is 1180. The van der Waals surface area contributed by atoms with Crippen LogP contribution in [0.3, 0.4) is 0 Å². The lowest BCUT2D eigenvalue weighted by molar-refractivity contribution is 0.102. The number of aryl methyl sites for hydroxylation is 1. The molecule has 160 valence electrons. The van der Waals surface area contributed by atoms with Crippen LogP contribution in [0, 0.1) is 6.92 Å². The van der Waals surface area contributed by atoms with Crippen molar-refractivity contribution >= 4 is 33.0 Å². The summed E-state index contributed by atoms with van der Waals surface area (Å²) >= 11 is 0. The maximum absolute atomic E-state index is 12.8. The van der Waals surface area contributed by atoms with E-state index in [4.69, 9.17) is 0 Å². The Kier molecular flexibility index (Phi) is 5.95. The molecule has 0 spiro atoms. The summed E-state index contributed by atoms with van der Waals surface area (Å²) in [5, 5.41) is 2.96. The smallest absolute Gasteiger partial charge is 0.261 e. The van der Waals surface area contributed by atoms with Crippen LogP contribution in [-0.4, -0.2) is 27.4 Å². The van der Waals surface area contributed by atoms with Gasteiger partial charge in [-0.2, -0.15) is 0 Å². The minimum absolute atomic E-state index is 0.102. The topological polar surface area (TPSA) is 78.5 Å². The zero-order chi connectivity index (χ0) is 21.8. The van der Waals surface area contributed by atoms with Crippen molar-refractivity contribution in [1.29, 1.82) is 0 Å². The van der Waals surface area contributed by atoms with Gasteiger partial charge in [0.2, 0.25) is 0 Å². The fraction of sp³-hybridized carbons (Fsp3) is 0.208. The highest BCUT2D eigenvalue weighted by Gasteiger charge is 2.19. The minimum Gasteiger partial charge on any atom is -0.370 e. The van der Waals surface area contributed by atoms with E-state index in [0.717, 1.165) is 42.9 Å². The summed E-state index contributed by atoms with van der Waals surface area (Å²) in [6.45, 7) is 3.80. The fourth-order valence-corrected chi connectivity index (χ4v) is 4.81. The number of benzene rings is 3. The van der Waals surface area contributed by atoms with Crippen LogP contribution in [-0.2, 0) is 10.0 Å². The highest BCUT2D eigenvalue weighted by molar-refractivity contribution is 7.92. The average molecular weight is 436 g/mol. The van der Waals surface area contributed by atoms with E-state index in [2.05, 4.69) is 14.9 Å². The normalized spacial score (nSPS) is 13.8. The lowest BCUT2D eigenvalue weighted by Gasteiger charge is -2.21. The number of sulfonamides is 1. The molecule has 0 aliphatic carbocycles. The van der Waals surface area contributed by atoms with Gasteiger partial charge in [0.25, 0.3) is 15.9 Å². The van der Waals surface area contributed by atoms with Crippen LogP contribution < -0.4 is 14.9 Å². The first-order chi connectivity index (χ1) is 14.9. The molecule has 31 heavy (non-hydrogen) atoms. The van der Waals surface area contributed by atoms with Crippen LogP contribution in [0.4, 0.5) is 17.1 Å². The molecule has 0 saturated carbocycles. The van der Waals surface area contributed by atoms with Gasteiger partial charge in [0.05, 0.1) is 22.0 Å². The van der Waals surface area contributed by atoms with Crippen LogP contribution in [0.5, 0.6) is 0 Å². The van der Waals surface area contributed by atoms with Crippen LogP contribution >= 0.6 is 0 Å². The van der Waals surface area contributed by atoms with Gasteiger partial charge in [0.1, 0.15) is 0 Å². The first kappa shape index (κ1) is 20.9. The number of carbonyl (C=O) groups is 1. The van der Waals surface area contributed by atoms with Crippen LogP contribution in [0.15, 0.2) is 77.7 Å². The van der Waals surface area contributed by atoms with E-state index >= 15 is 0 Å². The molecular formula is C24H25N3O3S. The van der Waals surface area contributed by atoms with Crippen molar-refractivity contribution in [2.45, 2.75) is 24.7 Å². The number of nitrogens with zero attached hydrogens (tertiary/aromatic N) is 1. The summed E-state index contributed by atoms with van der Waals surface area (Å²) in [5.74, 6) is -0.276. The number of hydrogen-bond donors (Lipinski definition) is 2. The Balaban J connectivity index is 1.50. The van der Waals surface area contributed by atoms with E-state index < -0.39 is 10.0 Å². The number of para-hydroxylation sites is 3. The molecule has 1 fully saturated rings. The van der Waals surface area contributed by atoms with Gasteiger partial charge < -0.3 is 10.2 Å². The summed E-state index contributed by atoms with van der Waals surface area (Å²) in [7, 11) is -3.74. The fourth-order valence-electron chi connectivity index (χ4n) is 3.68. The molecule has 4 rings (SSSR count). The molecule has 1 aliphatic heterocycles. The first-order valence-corrected chi connectivity index (χ1v) is 11.8. The maximum atomic E-state index is 12.8. The van der Waals surface area contributed by atoms with Gasteiger partial charge in [-0.25, -0.2) is 8.42 Å². The van der Waals surface area contributed by atoms with Crippen molar-refractivity contribution in [2.24, 2.45) is 0 Å². The van der Waals surface area contributed by atoms with Crippen molar-refractivity contribution in [3.05, 3.63) is 83.9 Å². The SMILES string of the molecule is Cc1ccccc1NS(=O)(=O)c1ccc(C(=O)Nc2ccccc2N2CCCC2)cc1. The third-order valence-corrected chi connectivity index (χ3v) is 6.80. The number of nitrogens with one attached hydrogen (secondary N) is 2. The maximum Gasteiger partial charge on any atom is 0.261 e. The molecule has 0 bridgehead atoms. The zero-order valence-electron chi connectivity index (χ0n) is 17.3. The van der Waals surface area contributed by atoms with E-state index in [-0.39, 0.29) is 10.8 Å². The quantitative estimate of drug-likeness (QED) is 0.591. The molecule has 1 aliphatic rings. The molecule has 7 heteroatoms. The standard InChI is InChI=1S/C24H25N3O3S/c1-18-8-2-3-9-21(18)26-31(29,30)20-14-12-19(13-15-20)24(28)25-22-10-4-5-11-23(22)27-16-6-7-17-27/h2-5,8-15,26H,6-7,16-17H2,1H3,(H,25,28). The van der Waals surface area contributed by atoms with Crippen molar-refractivity contribution in [3.8, 4) is 0 Å². The molecule has 0 atom stereocenters. The lowest BCUT2D eigenvalue weighted by Crippen LogP contribution is -2.21. The molecule has 6 nitrogen and oxygen atoms in total. The highest BCUT2D eigenvalue weighted by atomic mass is 32.2. The third kappa shape index (κ3) is 4.72. The Hall–Kier alpha value is -3.32. The van der Waals surface area contributed by atoms with Crippen LogP contribution in [0.25, 0.3) is 0 Å². The number of hydrogen-bond acceptors (Lipinski definition) is 4. The number of carbonyl (C=O) groups excluding carboxylic acids is 1. The summed E-state index contributed by atoms with van der Waals surface area (Å²) in [4.78, 5) is 15.2. The van der Waals surface area contributed by atoms with Gasteiger partial charge in [0, 0.05) is 18.7 Å². The van der Waals surface area contributed by atoms with E-state index in [9.17, 15) is 13.2 Å². The summed E-state index contributed by atoms with van der Waals surface area (Å²) in [5.41, 5.74) is 3.52. The molecule has 0 unspecified atom stereocenters. The second kappa shape index (κ2) is 8.81. The van der Waals surface area contributed by atoms with E-state index in [1.165, 1.54) is 24.3 Å². The molecule has 0 radical (unpaired) electrons. The second-order valence-electron chi connectivity index (χ2n) is 7.61. The Morgan fingerprint density at radius 1 is 0.839 bits per heavy atom. The Labute approximate surface area is 183 Å². The molecule has 1 heterocycles. The first-order valence-electron chi connectivity index (χ1n) is 10.3. The number of anilines is 3. The minimum atomic E-state index is -3.74. The number of amides is 1. The predicted molar refractivity (Wildman–Crippen MR) is 124 cm³/mol. The van der Waals surface area contributed by atoms with E-state index in [1.807, 2.05) is 43.3 Å². The van der Waals surface area contributed by atoms with Crippen molar-refractivity contribution in [3.63, 3.8) is 0 Å². The predicted octanol–water partition coefficient (Wildman–Crippen LogP) is 4.65. The molecule has 3 aromatic carbocycles. The van der Waals surface area contributed by atoms with Gasteiger partial charge in [0.15, 0.2) is 0 Å². The van der Waals surface area contributed by atoms with Crippen LogP contribution in [0.1, 0.15) is 28.8 Å². The van der Waals surface area contributed by atoms with Crippen molar-refractivity contribution in [2.75, 3.05) is 28.0 Å². The summed E-state index contributed by atoms with van der Waals surface area (Å²) in [6, 6.07) is 20.9. The van der Waals surface area contributed by atoms with Gasteiger partial charge in [-0.05, 0) is 67.8 Å². The molecular weight excluding hydrogens is 410 g/mol. The highest BCUT2D eigenvalue weighted by Crippen LogP contribution is 2.29. The van der Waals surface area contributed by atoms with Gasteiger partial charge >= 0.3 is 0 Å². The second-order valence-corrected chi connectivity index (χ2v) is 9.29. The average Bonchev–Trinajstić information content (AvgIpc) is 3.30. The molecule has 1 saturated heterocycles. The number of rotatable bonds is 6. The van der Waals surface area contributed by atoms with Gasteiger partial charge in [-0.1, -0.05) is 30.3 Å². The van der Waals surface area contributed by atoms with Gasteiger partial charge in [-0.3, -0.25) is 9.52 Å². The molecule has 2 N–H and O–H groups in total. The van der Waals surface area contributed by atoms with Crippen LogP contribution in [0.2, 0.25) is 0 Å². The van der Waals surface area contributed by atoms with E-state index in [1.54, 1.807) is 12.1 Å². The largest absolute Gasteiger partial charge is 0.370 e. The Morgan fingerprint density at radius 2 is 1.45 bits per heavy atom. The van der Waals surface area contributed by atoms with Gasteiger partial charge in [-0.15, -0.1) is 0 Å². The van der Waals surface area contributed by atoms with Crippen molar-refractivity contribution in [1.82, 2.24) is 0 Å². The van der Waals surface area contributed by atoms with Crippen molar-refractivity contribution < 1.29 is 13.2 Å². The monoisotopic (exact) mass is 435 g/mol. The third-order valence-electron chi connectivity index (χ3n) is 5.42.